The minimum absolute atomic E-state index is 0.983. The van der Waals surface area contributed by atoms with Crippen molar-refractivity contribution in [2.24, 2.45) is 0 Å². The molecule has 2 heteroatoms. The Labute approximate surface area is 94.0 Å². The Kier molecular flexibility index (Phi) is 2.00. The van der Waals surface area contributed by atoms with E-state index in [1.165, 1.54) is 5.39 Å². The molecule has 0 bridgehead atoms. The quantitative estimate of drug-likeness (QED) is 0.651. The van der Waals surface area contributed by atoms with Gasteiger partial charge in [-0.2, -0.15) is 0 Å². The Balaban J connectivity index is 2.19. The molecule has 2 aromatic heterocycles. The van der Waals surface area contributed by atoms with Crippen molar-refractivity contribution in [3.05, 3.63) is 54.2 Å². The number of rotatable bonds is 1. The molecule has 2 nitrogen and oxygen atoms in total. The number of H-pyrrole nitrogens is 1. The first-order valence-corrected chi connectivity index (χ1v) is 5.26. The van der Waals surface area contributed by atoms with E-state index in [1.807, 2.05) is 43.3 Å². The molecule has 0 amide bonds. The van der Waals surface area contributed by atoms with E-state index in [0.29, 0.717) is 0 Å². The average molecular weight is 207 g/mol. The summed E-state index contributed by atoms with van der Waals surface area (Å²) in [4.78, 5) is 7.85. The molecule has 0 atom stereocenters. The smallest absolute Gasteiger partial charge is 0.0867 e. The third-order valence-corrected chi connectivity index (χ3v) is 2.63. The highest BCUT2D eigenvalue weighted by molar-refractivity contribution is 5.84. The minimum Gasteiger partial charge on any atom is -0.353 e. The van der Waals surface area contributed by atoms with E-state index in [4.69, 9.17) is 0 Å². The zero-order valence-electron chi connectivity index (χ0n) is 8.99. The second-order valence-corrected chi connectivity index (χ2v) is 3.86. The molecule has 0 spiro atoms. The van der Waals surface area contributed by atoms with Crippen LogP contribution in [0, 0.1) is 13.0 Å². The summed E-state index contributed by atoms with van der Waals surface area (Å²) < 4.78 is 0. The number of fused-ring (bicyclic) bond motifs is 1. The highest BCUT2D eigenvalue weighted by Gasteiger charge is 2.03. The molecule has 0 aliphatic rings. The molecular weight excluding hydrogens is 196 g/mol. The molecule has 2 heterocycles. The summed E-state index contributed by atoms with van der Waals surface area (Å²) in [6, 6.07) is 17.1. The zero-order valence-corrected chi connectivity index (χ0v) is 8.99. The van der Waals surface area contributed by atoms with E-state index in [9.17, 15) is 0 Å². The first kappa shape index (κ1) is 9.16. The molecule has 1 aromatic carbocycles. The van der Waals surface area contributed by atoms with Crippen LogP contribution in [-0.4, -0.2) is 9.97 Å². The molecule has 16 heavy (non-hydrogen) atoms. The molecule has 77 valence electrons. The van der Waals surface area contributed by atoms with E-state index in [2.05, 4.69) is 22.1 Å². The van der Waals surface area contributed by atoms with Crippen LogP contribution in [0.25, 0.3) is 22.3 Å². The van der Waals surface area contributed by atoms with Gasteiger partial charge in [0.25, 0.3) is 0 Å². The van der Waals surface area contributed by atoms with Crippen molar-refractivity contribution in [1.82, 2.24) is 9.97 Å². The van der Waals surface area contributed by atoms with Gasteiger partial charge in [0.1, 0.15) is 0 Å². The molecule has 0 aliphatic carbocycles. The number of hydrogen-bond acceptors (Lipinski definition) is 1. The Morgan fingerprint density at radius 3 is 3.00 bits per heavy atom. The molecule has 0 unspecified atom stereocenters. The van der Waals surface area contributed by atoms with Crippen LogP contribution in [0.1, 0.15) is 5.69 Å². The number of aromatic nitrogens is 2. The summed E-state index contributed by atoms with van der Waals surface area (Å²) in [6.07, 6.45) is 0. The fourth-order valence-electron chi connectivity index (χ4n) is 1.84. The number of pyridine rings is 1. The Morgan fingerprint density at radius 2 is 2.19 bits per heavy atom. The van der Waals surface area contributed by atoms with Crippen LogP contribution in [0.2, 0.25) is 0 Å². The number of nitrogens with one attached hydrogen (secondary N) is 1. The second kappa shape index (κ2) is 3.49. The van der Waals surface area contributed by atoms with Crippen LogP contribution in [0.15, 0.2) is 42.5 Å². The maximum atomic E-state index is 4.50. The summed E-state index contributed by atoms with van der Waals surface area (Å²) in [5, 5.41) is 1.17. The first-order chi connectivity index (χ1) is 7.83. The van der Waals surface area contributed by atoms with Gasteiger partial charge in [0.15, 0.2) is 0 Å². The summed E-state index contributed by atoms with van der Waals surface area (Å²) >= 11 is 0. The number of hydrogen-bond donors (Lipinski definition) is 1. The van der Waals surface area contributed by atoms with Gasteiger partial charge in [-0.05, 0) is 43.3 Å². The number of aromatic amines is 1. The fraction of sp³-hybridized carbons (Fsp3) is 0.0714. The highest BCUT2D eigenvalue weighted by Crippen LogP contribution is 2.22. The molecule has 0 saturated carbocycles. The lowest BCUT2D eigenvalue weighted by atomic mass is 10.2. The average Bonchev–Trinajstić information content (AvgIpc) is 2.72. The van der Waals surface area contributed by atoms with Gasteiger partial charge in [-0.15, -0.1) is 0 Å². The summed E-state index contributed by atoms with van der Waals surface area (Å²) in [6.45, 7) is 2.00. The van der Waals surface area contributed by atoms with E-state index in [1.54, 1.807) is 0 Å². The van der Waals surface area contributed by atoms with Gasteiger partial charge < -0.3 is 4.98 Å². The Morgan fingerprint density at radius 1 is 1.25 bits per heavy atom. The van der Waals surface area contributed by atoms with Crippen molar-refractivity contribution in [2.45, 2.75) is 6.92 Å². The van der Waals surface area contributed by atoms with Crippen LogP contribution in [0.5, 0.6) is 0 Å². The predicted molar refractivity (Wildman–Crippen MR) is 65.1 cm³/mol. The van der Waals surface area contributed by atoms with Crippen molar-refractivity contribution in [1.29, 1.82) is 0 Å². The third kappa shape index (κ3) is 1.48. The van der Waals surface area contributed by atoms with E-state index < -0.39 is 0 Å². The van der Waals surface area contributed by atoms with Gasteiger partial charge in [0, 0.05) is 16.6 Å². The fourth-order valence-corrected chi connectivity index (χ4v) is 1.84. The van der Waals surface area contributed by atoms with E-state index in [-0.39, 0.29) is 0 Å². The minimum atomic E-state index is 0.983. The van der Waals surface area contributed by atoms with Gasteiger partial charge in [0.2, 0.25) is 0 Å². The van der Waals surface area contributed by atoms with E-state index in [0.717, 1.165) is 22.6 Å². The first-order valence-electron chi connectivity index (χ1n) is 5.26. The lowest BCUT2D eigenvalue weighted by Gasteiger charge is -1.97. The van der Waals surface area contributed by atoms with Gasteiger partial charge in [-0.3, -0.25) is 4.98 Å². The Hall–Kier alpha value is -2.09. The lowest BCUT2D eigenvalue weighted by molar-refractivity contribution is 1.19. The van der Waals surface area contributed by atoms with Gasteiger partial charge >= 0.3 is 0 Å². The Bertz CT molecular complexity index is 605. The van der Waals surface area contributed by atoms with Crippen LogP contribution < -0.4 is 0 Å². The van der Waals surface area contributed by atoms with Gasteiger partial charge in [0.05, 0.1) is 11.4 Å². The molecule has 0 aliphatic heterocycles. The van der Waals surface area contributed by atoms with Crippen LogP contribution in [0.4, 0.5) is 0 Å². The van der Waals surface area contributed by atoms with Crippen molar-refractivity contribution in [2.75, 3.05) is 0 Å². The second-order valence-electron chi connectivity index (χ2n) is 3.86. The van der Waals surface area contributed by atoms with Crippen LogP contribution in [-0.2, 0) is 0 Å². The number of aryl methyl sites for hydroxylation is 1. The zero-order chi connectivity index (χ0) is 11.0. The predicted octanol–water partition coefficient (Wildman–Crippen LogP) is 3.34. The standard InChI is InChI=1S/C14H11N2/c1-10-5-4-8-13(15-10)14-9-11-6-2-3-7-12(11)16-14/h3-9,16H,1H3. The van der Waals surface area contributed by atoms with Crippen molar-refractivity contribution < 1.29 is 0 Å². The van der Waals surface area contributed by atoms with Crippen molar-refractivity contribution in [3.8, 4) is 11.4 Å². The SMILES string of the molecule is Cc1cccc(-c2cc3c[c]ccc3[nH]2)n1. The monoisotopic (exact) mass is 207 g/mol. The highest BCUT2D eigenvalue weighted by atomic mass is 14.8. The third-order valence-electron chi connectivity index (χ3n) is 2.63. The molecule has 0 saturated heterocycles. The largest absolute Gasteiger partial charge is 0.353 e. The van der Waals surface area contributed by atoms with Gasteiger partial charge in [-0.25, -0.2) is 0 Å². The number of benzene rings is 1. The maximum Gasteiger partial charge on any atom is 0.0867 e. The molecule has 3 rings (SSSR count). The molecule has 0 fully saturated rings. The molecule has 1 radical (unpaired) electrons. The lowest BCUT2D eigenvalue weighted by Crippen LogP contribution is -1.85. The number of nitrogens with zero attached hydrogens (tertiary/aromatic N) is 1. The van der Waals surface area contributed by atoms with Gasteiger partial charge in [-0.1, -0.05) is 12.1 Å². The van der Waals surface area contributed by atoms with Crippen LogP contribution >= 0.6 is 0 Å². The summed E-state index contributed by atoms with van der Waals surface area (Å²) in [5.41, 5.74) is 4.19. The molecule has 1 N–H and O–H groups in total. The normalized spacial score (nSPS) is 10.8. The van der Waals surface area contributed by atoms with Crippen molar-refractivity contribution in [3.63, 3.8) is 0 Å². The summed E-state index contributed by atoms with van der Waals surface area (Å²) in [7, 11) is 0. The maximum absolute atomic E-state index is 4.50. The molecular formula is C14H11N2. The van der Waals surface area contributed by atoms with E-state index >= 15 is 0 Å². The molecule has 3 aromatic rings. The van der Waals surface area contributed by atoms with Crippen molar-refractivity contribution >= 4 is 10.9 Å². The topological polar surface area (TPSA) is 28.7 Å². The summed E-state index contributed by atoms with van der Waals surface area (Å²) in [5.74, 6) is 0. The van der Waals surface area contributed by atoms with Crippen LogP contribution in [0.3, 0.4) is 0 Å².